The minimum absolute atomic E-state index is 0.860. The molecule has 15 heavy (non-hydrogen) atoms. The van der Waals surface area contributed by atoms with Crippen molar-refractivity contribution in [2.75, 3.05) is 0 Å². The fourth-order valence-electron chi connectivity index (χ4n) is 1.24. The zero-order chi connectivity index (χ0) is 10.8. The van der Waals surface area contributed by atoms with Crippen LogP contribution in [0.25, 0.3) is 6.08 Å². The standard InChI is InChI=1S/C15H18/c1-2-3-4-5-6-7-9-12-15-13-10-8-11-14-15/h8-14H,2-4,7H2,1H3/b12-9+. The van der Waals surface area contributed by atoms with Gasteiger partial charge in [-0.05, 0) is 12.0 Å². The van der Waals surface area contributed by atoms with E-state index in [2.05, 4.69) is 43.0 Å². The van der Waals surface area contributed by atoms with E-state index in [0.29, 0.717) is 0 Å². The van der Waals surface area contributed by atoms with Gasteiger partial charge in [0.05, 0.1) is 0 Å². The highest BCUT2D eigenvalue weighted by Crippen LogP contribution is 2.01. The summed E-state index contributed by atoms with van der Waals surface area (Å²) in [5.41, 5.74) is 1.24. The highest BCUT2D eigenvalue weighted by Gasteiger charge is 1.80. The van der Waals surface area contributed by atoms with Crippen LogP contribution in [0.5, 0.6) is 0 Å². The molecule has 1 aromatic carbocycles. The van der Waals surface area contributed by atoms with E-state index in [0.717, 1.165) is 12.8 Å². The Morgan fingerprint density at radius 3 is 2.67 bits per heavy atom. The number of hydrogen-bond donors (Lipinski definition) is 0. The Labute approximate surface area is 93.0 Å². The van der Waals surface area contributed by atoms with Crippen LogP contribution in [-0.2, 0) is 0 Å². The third-order valence-corrected chi connectivity index (χ3v) is 2.11. The van der Waals surface area contributed by atoms with Crippen LogP contribution in [0.4, 0.5) is 0 Å². The molecule has 0 N–H and O–H groups in total. The average molecular weight is 198 g/mol. The van der Waals surface area contributed by atoms with Crippen molar-refractivity contribution in [1.29, 1.82) is 0 Å². The van der Waals surface area contributed by atoms with Gasteiger partial charge in [0.15, 0.2) is 0 Å². The summed E-state index contributed by atoms with van der Waals surface area (Å²) in [6.45, 7) is 2.19. The van der Waals surface area contributed by atoms with Crippen molar-refractivity contribution in [3.63, 3.8) is 0 Å². The van der Waals surface area contributed by atoms with E-state index in [9.17, 15) is 0 Å². The van der Waals surface area contributed by atoms with Crippen molar-refractivity contribution >= 4 is 6.08 Å². The number of unbranched alkanes of at least 4 members (excludes halogenated alkanes) is 2. The lowest BCUT2D eigenvalue weighted by molar-refractivity contribution is 0.827. The van der Waals surface area contributed by atoms with Gasteiger partial charge in [-0.3, -0.25) is 0 Å². The molecule has 0 saturated carbocycles. The third kappa shape index (κ3) is 5.75. The summed E-state index contributed by atoms with van der Waals surface area (Å²) < 4.78 is 0. The molecule has 78 valence electrons. The molecule has 0 heteroatoms. The molecule has 0 bridgehead atoms. The molecule has 0 amide bonds. The predicted molar refractivity (Wildman–Crippen MR) is 67.4 cm³/mol. The molecule has 0 nitrogen and oxygen atoms in total. The van der Waals surface area contributed by atoms with Crippen molar-refractivity contribution in [2.24, 2.45) is 0 Å². The Morgan fingerprint density at radius 2 is 1.93 bits per heavy atom. The number of allylic oxidation sites excluding steroid dienone is 1. The summed E-state index contributed by atoms with van der Waals surface area (Å²) in [6.07, 6.45) is 8.58. The van der Waals surface area contributed by atoms with Crippen LogP contribution in [0.3, 0.4) is 0 Å². The lowest BCUT2D eigenvalue weighted by atomic mass is 10.2. The summed E-state index contributed by atoms with van der Waals surface area (Å²) in [5.74, 6) is 6.32. The first-order valence-electron chi connectivity index (χ1n) is 5.61. The van der Waals surface area contributed by atoms with Gasteiger partial charge in [0, 0.05) is 12.8 Å². The summed E-state index contributed by atoms with van der Waals surface area (Å²) in [5, 5.41) is 0. The molecular formula is C15H18. The molecule has 1 aromatic rings. The van der Waals surface area contributed by atoms with E-state index < -0.39 is 0 Å². The monoisotopic (exact) mass is 198 g/mol. The van der Waals surface area contributed by atoms with Crippen LogP contribution in [0.15, 0.2) is 36.4 Å². The van der Waals surface area contributed by atoms with E-state index in [1.54, 1.807) is 0 Å². The second kappa shape index (κ2) is 7.88. The molecule has 1 rings (SSSR count). The SMILES string of the molecule is CCCCC#CC/C=C/c1ccccc1. The predicted octanol–water partition coefficient (Wildman–Crippen LogP) is 4.28. The summed E-state index contributed by atoms with van der Waals surface area (Å²) in [6, 6.07) is 10.3. The highest BCUT2D eigenvalue weighted by molar-refractivity contribution is 5.49. The summed E-state index contributed by atoms with van der Waals surface area (Å²) in [4.78, 5) is 0. The van der Waals surface area contributed by atoms with Crippen molar-refractivity contribution in [2.45, 2.75) is 32.6 Å². The van der Waals surface area contributed by atoms with Crippen molar-refractivity contribution < 1.29 is 0 Å². The lowest BCUT2D eigenvalue weighted by Crippen LogP contribution is -1.69. The minimum Gasteiger partial charge on any atom is -0.103 e. The Hall–Kier alpha value is -1.48. The molecule has 0 fully saturated rings. The maximum Gasteiger partial charge on any atom is 0.0272 e. The second-order valence-electron chi connectivity index (χ2n) is 3.47. The number of benzene rings is 1. The van der Waals surface area contributed by atoms with Crippen molar-refractivity contribution in [1.82, 2.24) is 0 Å². The van der Waals surface area contributed by atoms with Gasteiger partial charge in [-0.15, -0.1) is 5.92 Å². The molecule has 0 aliphatic heterocycles. The Morgan fingerprint density at radius 1 is 1.13 bits per heavy atom. The largest absolute Gasteiger partial charge is 0.103 e. The molecule has 0 atom stereocenters. The number of hydrogen-bond acceptors (Lipinski definition) is 0. The molecule has 0 aliphatic rings. The fraction of sp³-hybridized carbons (Fsp3) is 0.333. The molecule has 0 heterocycles. The van der Waals surface area contributed by atoms with Crippen molar-refractivity contribution in [3.8, 4) is 11.8 Å². The van der Waals surface area contributed by atoms with Crippen LogP contribution in [0.2, 0.25) is 0 Å². The van der Waals surface area contributed by atoms with E-state index in [1.807, 2.05) is 18.2 Å². The Kier molecular flexibility index (Phi) is 6.09. The van der Waals surface area contributed by atoms with Gasteiger partial charge >= 0.3 is 0 Å². The Balaban J connectivity index is 2.24. The van der Waals surface area contributed by atoms with Gasteiger partial charge in [-0.2, -0.15) is 0 Å². The van der Waals surface area contributed by atoms with Gasteiger partial charge in [-0.25, -0.2) is 0 Å². The molecule has 0 saturated heterocycles. The highest BCUT2D eigenvalue weighted by atomic mass is 13.9. The van der Waals surface area contributed by atoms with Gasteiger partial charge in [0.2, 0.25) is 0 Å². The summed E-state index contributed by atoms with van der Waals surface area (Å²) in [7, 11) is 0. The van der Waals surface area contributed by atoms with Crippen LogP contribution in [0.1, 0.15) is 38.2 Å². The van der Waals surface area contributed by atoms with Crippen LogP contribution < -0.4 is 0 Å². The molecule has 0 unspecified atom stereocenters. The van der Waals surface area contributed by atoms with Gasteiger partial charge in [0.25, 0.3) is 0 Å². The van der Waals surface area contributed by atoms with Crippen LogP contribution in [-0.4, -0.2) is 0 Å². The zero-order valence-electron chi connectivity index (χ0n) is 9.37. The first-order valence-corrected chi connectivity index (χ1v) is 5.61. The quantitative estimate of drug-likeness (QED) is 0.500. The van der Waals surface area contributed by atoms with Crippen LogP contribution >= 0.6 is 0 Å². The first kappa shape index (κ1) is 11.6. The first-order chi connectivity index (χ1) is 7.43. The molecule has 0 aromatic heterocycles. The van der Waals surface area contributed by atoms with Gasteiger partial charge < -0.3 is 0 Å². The lowest BCUT2D eigenvalue weighted by Gasteiger charge is -1.88. The maximum absolute atomic E-state index is 3.17. The topological polar surface area (TPSA) is 0 Å². The molecule has 0 aliphatic carbocycles. The van der Waals surface area contributed by atoms with E-state index >= 15 is 0 Å². The van der Waals surface area contributed by atoms with Crippen LogP contribution in [0, 0.1) is 11.8 Å². The van der Waals surface area contributed by atoms with E-state index in [-0.39, 0.29) is 0 Å². The minimum atomic E-state index is 0.860. The Bertz CT molecular complexity index is 335. The number of rotatable bonds is 4. The van der Waals surface area contributed by atoms with Crippen molar-refractivity contribution in [3.05, 3.63) is 42.0 Å². The molecule has 0 spiro atoms. The molecular weight excluding hydrogens is 180 g/mol. The normalized spacial score (nSPS) is 9.93. The fourth-order valence-corrected chi connectivity index (χ4v) is 1.24. The smallest absolute Gasteiger partial charge is 0.0272 e. The third-order valence-electron chi connectivity index (χ3n) is 2.11. The average Bonchev–Trinajstić information content (AvgIpc) is 2.29. The van der Waals surface area contributed by atoms with Gasteiger partial charge in [0.1, 0.15) is 0 Å². The maximum atomic E-state index is 3.17. The second-order valence-corrected chi connectivity index (χ2v) is 3.47. The summed E-state index contributed by atoms with van der Waals surface area (Å²) >= 11 is 0. The molecule has 0 radical (unpaired) electrons. The zero-order valence-corrected chi connectivity index (χ0v) is 9.37. The van der Waals surface area contributed by atoms with Gasteiger partial charge in [-0.1, -0.05) is 61.7 Å². The van der Waals surface area contributed by atoms with E-state index in [4.69, 9.17) is 0 Å². The van der Waals surface area contributed by atoms with E-state index in [1.165, 1.54) is 18.4 Å².